The molecule has 1 amide bonds. The fourth-order valence-corrected chi connectivity index (χ4v) is 0.110. The van der Waals surface area contributed by atoms with Crippen LogP contribution in [0.3, 0.4) is 0 Å². The van der Waals surface area contributed by atoms with Gasteiger partial charge in [0.1, 0.15) is 0 Å². The Morgan fingerprint density at radius 2 is 1.64 bits per heavy atom. The minimum Gasteiger partial charge on any atom is -0.463 e. The van der Waals surface area contributed by atoms with Gasteiger partial charge < -0.3 is 26.8 Å². The minimum atomic E-state index is -1.37. The van der Waals surface area contributed by atoms with Crippen LogP contribution < -0.4 is 11.5 Å². The van der Waals surface area contributed by atoms with Crippen molar-refractivity contribution in [2.45, 2.75) is 0 Å². The SMILES string of the molecule is NC(N)=NC(=O)O.OCCO. The van der Waals surface area contributed by atoms with Crippen molar-refractivity contribution in [1.82, 2.24) is 0 Å². The fourth-order valence-electron chi connectivity index (χ4n) is 0.110. The lowest BCUT2D eigenvalue weighted by Gasteiger charge is -1.81. The van der Waals surface area contributed by atoms with Crippen molar-refractivity contribution in [3.63, 3.8) is 0 Å². The van der Waals surface area contributed by atoms with Gasteiger partial charge in [0.15, 0.2) is 5.96 Å². The van der Waals surface area contributed by atoms with Gasteiger partial charge >= 0.3 is 6.09 Å². The number of guanidine groups is 1. The largest absolute Gasteiger partial charge is 0.463 e. The van der Waals surface area contributed by atoms with Crippen molar-refractivity contribution >= 4 is 12.1 Å². The molecule has 0 atom stereocenters. The Bertz CT molecular complexity index is 129. The lowest BCUT2D eigenvalue weighted by Crippen LogP contribution is -2.23. The molecule has 0 heterocycles. The summed E-state index contributed by atoms with van der Waals surface area (Å²) < 4.78 is 0. The highest BCUT2D eigenvalue weighted by molar-refractivity contribution is 5.86. The minimum absolute atomic E-state index is 0.125. The topological polar surface area (TPSA) is 142 Å². The molecule has 11 heavy (non-hydrogen) atoms. The highest BCUT2D eigenvalue weighted by Gasteiger charge is 1.86. The molecule has 0 saturated carbocycles. The molecule has 0 spiro atoms. The summed E-state index contributed by atoms with van der Waals surface area (Å²) in [6, 6.07) is 0. The van der Waals surface area contributed by atoms with Gasteiger partial charge in [0, 0.05) is 0 Å². The third kappa shape index (κ3) is 28.7. The summed E-state index contributed by atoms with van der Waals surface area (Å²) in [5, 5.41) is 23.0. The maximum absolute atomic E-state index is 9.46. The number of carboxylic acid groups (broad SMARTS) is 1. The number of hydrogen-bond acceptors (Lipinski definition) is 3. The average molecular weight is 165 g/mol. The first-order valence-corrected chi connectivity index (χ1v) is 2.58. The summed E-state index contributed by atoms with van der Waals surface area (Å²) in [5.41, 5.74) is 9.28. The monoisotopic (exact) mass is 165 g/mol. The molecule has 7 heteroatoms. The normalized spacial score (nSPS) is 7.45. The molecule has 0 aromatic rings. The van der Waals surface area contributed by atoms with E-state index >= 15 is 0 Å². The van der Waals surface area contributed by atoms with Crippen molar-refractivity contribution in [3.8, 4) is 0 Å². The maximum atomic E-state index is 9.46. The molecule has 0 aromatic carbocycles. The standard InChI is InChI=1S/C2H5N3O2.C2H6O2/c3-1(4)5-2(6)7;3-1-2-4/h(H,6,7)(H4,3,4,5);3-4H,1-2H2. The zero-order valence-corrected chi connectivity index (χ0v) is 5.77. The van der Waals surface area contributed by atoms with Crippen LogP contribution in [0, 0.1) is 0 Å². The smallest absolute Gasteiger partial charge is 0.434 e. The second-order valence-corrected chi connectivity index (χ2v) is 1.27. The lowest BCUT2D eigenvalue weighted by atomic mass is 10.8. The van der Waals surface area contributed by atoms with E-state index < -0.39 is 12.1 Å². The van der Waals surface area contributed by atoms with E-state index in [9.17, 15) is 4.79 Å². The van der Waals surface area contributed by atoms with Crippen LogP contribution >= 0.6 is 0 Å². The third-order valence-corrected chi connectivity index (χ3v) is 0.325. The Kier molecular flexibility index (Phi) is 9.72. The van der Waals surface area contributed by atoms with Crippen LogP contribution in [0.5, 0.6) is 0 Å². The second kappa shape index (κ2) is 8.66. The van der Waals surface area contributed by atoms with E-state index in [-0.39, 0.29) is 13.2 Å². The number of hydrogen-bond donors (Lipinski definition) is 5. The molecule has 0 aromatic heterocycles. The zero-order valence-electron chi connectivity index (χ0n) is 5.77. The number of rotatable bonds is 1. The Morgan fingerprint density at radius 1 is 1.27 bits per heavy atom. The van der Waals surface area contributed by atoms with Gasteiger partial charge in [0.25, 0.3) is 0 Å². The van der Waals surface area contributed by atoms with E-state index in [1.165, 1.54) is 0 Å². The Balaban J connectivity index is 0. The van der Waals surface area contributed by atoms with Gasteiger partial charge in [-0.1, -0.05) is 0 Å². The summed E-state index contributed by atoms with van der Waals surface area (Å²) in [6.45, 7) is -0.250. The predicted octanol–water partition coefficient (Wildman–Crippen LogP) is -2.09. The number of aliphatic hydroxyl groups excluding tert-OH is 2. The lowest BCUT2D eigenvalue weighted by molar-refractivity contribution is 0.186. The van der Waals surface area contributed by atoms with Crippen LogP contribution in [0.25, 0.3) is 0 Å². The summed E-state index contributed by atoms with van der Waals surface area (Å²) in [7, 11) is 0. The van der Waals surface area contributed by atoms with Crippen LogP contribution in [0.15, 0.2) is 4.99 Å². The van der Waals surface area contributed by atoms with E-state index in [0.717, 1.165) is 0 Å². The quantitative estimate of drug-likeness (QED) is 0.222. The number of nitrogens with zero attached hydrogens (tertiary/aromatic N) is 1. The van der Waals surface area contributed by atoms with Crippen LogP contribution in [-0.2, 0) is 0 Å². The van der Waals surface area contributed by atoms with Crippen LogP contribution in [-0.4, -0.2) is 40.6 Å². The molecule has 0 unspecified atom stereocenters. The first-order valence-electron chi connectivity index (χ1n) is 2.58. The van der Waals surface area contributed by atoms with Crippen molar-refractivity contribution < 1.29 is 20.1 Å². The predicted molar refractivity (Wildman–Crippen MR) is 38.0 cm³/mol. The highest BCUT2D eigenvalue weighted by Crippen LogP contribution is 1.64. The van der Waals surface area contributed by atoms with Crippen LogP contribution in [0.1, 0.15) is 0 Å². The van der Waals surface area contributed by atoms with Crippen LogP contribution in [0.2, 0.25) is 0 Å². The third-order valence-electron chi connectivity index (χ3n) is 0.325. The molecule has 0 aliphatic heterocycles. The molecule has 7 N–H and O–H groups in total. The number of aliphatic imine (C=N–C) groups is 1. The van der Waals surface area contributed by atoms with Crippen LogP contribution in [0.4, 0.5) is 4.79 Å². The van der Waals surface area contributed by atoms with Gasteiger partial charge in [-0.3, -0.25) is 0 Å². The first-order chi connectivity index (χ1) is 5.04. The first kappa shape index (κ1) is 12.3. The van der Waals surface area contributed by atoms with Crippen molar-refractivity contribution in [2.24, 2.45) is 16.5 Å². The Morgan fingerprint density at radius 3 is 1.64 bits per heavy atom. The summed E-state index contributed by atoms with van der Waals surface area (Å²) >= 11 is 0. The fraction of sp³-hybridized carbons (Fsp3) is 0.500. The van der Waals surface area contributed by atoms with Crippen molar-refractivity contribution in [1.29, 1.82) is 0 Å². The van der Waals surface area contributed by atoms with Gasteiger partial charge in [-0.25, -0.2) is 4.79 Å². The molecule has 0 rings (SSSR count). The summed E-state index contributed by atoms with van der Waals surface area (Å²) in [6.07, 6.45) is -1.37. The Hall–Kier alpha value is -1.34. The Labute approximate surface area is 63.0 Å². The number of amides is 1. The van der Waals surface area contributed by atoms with Gasteiger partial charge in [-0.05, 0) is 0 Å². The molecular formula is C4H11N3O4. The average Bonchev–Trinajstić information content (AvgIpc) is 1.85. The van der Waals surface area contributed by atoms with Gasteiger partial charge in [0.2, 0.25) is 0 Å². The van der Waals surface area contributed by atoms with E-state index in [4.69, 9.17) is 15.3 Å². The van der Waals surface area contributed by atoms with Crippen molar-refractivity contribution in [3.05, 3.63) is 0 Å². The molecule has 0 aliphatic rings. The molecule has 0 aliphatic carbocycles. The van der Waals surface area contributed by atoms with E-state index in [2.05, 4.69) is 16.5 Å². The number of carbonyl (C=O) groups is 1. The van der Waals surface area contributed by atoms with E-state index in [1.54, 1.807) is 0 Å². The molecule has 0 fully saturated rings. The zero-order chi connectivity index (χ0) is 9.28. The van der Waals surface area contributed by atoms with E-state index in [1.807, 2.05) is 0 Å². The maximum Gasteiger partial charge on any atom is 0.434 e. The van der Waals surface area contributed by atoms with Gasteiger partial charge in [0.05, 0.1) is 13.2 Å². The summed E-state index contributed by atoms with van der Waals surface area (Å²) in [5.74, 6) is -0.437. The molecule has 7 nitrogen and oxygen atoms in total. The molecular weight excluding hydrogens is 154 g/mol. The van der Waals surface area contributed by atoms with E-state index in [0.29, 0.717) is 0 Å². The van der Waals surface area contributed by atoms with Crippen molar-refractivity contribution in [2.75, 3.05) is 13.2 Å². The molecule has 66 valence electrons. The summed E-state index contributed by atoms with van der Waals surface area (Å²) in [4.78, 5) is 12.1. The number of nitrogens with two attached hydrogens (primary N) is 2. The number of aliphatic hydroxyl groups is 2. The highest BCUT2D eigenvalue weighted by atomic mass is 16.4. The molecule has 0 bridgehead atoms. The second-order valence-electron chi connectivity index (χ2n) is 1.27. The molecule has 0 radical (unpaired) electrons. The molecule has 0 saturated heterocycles. The van der Waals surface area contributed by atoms with Gasteiger partial charge in [-0.15, -0.1) is 4.99 Å². The van der Waals surface area contributed by atoms with Gasteiger partial charge in [-0.2, -0.15) is 0 Å².